The maximum atomic E-state index is 11.0. The molecule has 2 saturated carbocycles. The molecule has 0 bridgehead atoms. The Bertz CT molecular complexity index is 1480. The summed E-state index contributed by atoms with van der Waals surface area (Å²) in [7, 11) is 0. The number of fused-ring (bicyclic) bond motifs is 2. The van der Waals surface area contributed by atoms with E-state index in [9.17, 15) is 10.2 Å². The highest BCUT2D eigenvalue weighted by Gasteiger charge is 2.44. The average molecular weight is 546 g/mol. The van der Waals surface area contributed by atoms with Crippen LogP contribution < -0.4 is 5.73 Å². The van der Waals surface area contributed by atoms with Crippen molar-refractivity contribution in [3.63, 3.8) is 0 Å². The Kier molecular flexibility index (Phi) is 7.09. The van der Waals surface area contributed by atoms with Gasteiger partial charge in [0.2, 0.25) is 0 Å². The molecule has 2 fully saturated rings. The smallest absolute Gasteiger partial charge is 0.145 e. The van der Waals surface area contributed by atoms with Gasteiger partial charge in [-0.15, -0.1) is 0 Å². The molecule has 0 spiro atoms. The summed E-state index contributed by atoms with van der Waals surface area (Å²) >= 11 is 0. The van der Waals surface area contributed by atoms with Crippen LogP contribution in [-0.2, 0) is 11.8 Å². The molecule has 9 heteroatoms. The van der Waals surface area contributed by atoms with Gasteiger partial charge in [-0.3, -0.25) is 0 Å². The minimum absolute atomic E-state index is 0.00386. The van der Waals surface area contributed by atoms with Gasteiger partial charge in [0.05, 0.1) is 28.6 Å². The number of H-pyrrole nitrogens is 1. The first-order valence-corrected chi connectivity index (χ1v) is 14.8. The third-order valence-corrected chi connectivity index (χ3v) is 9.46. The highest BCUT2D eigenvalue weighted by molar-refractivity contribution is 5.86. The molecule has 40 heavy (non-hydrogen) atoms. The second kappa shape index (κ2) is 10.4. The number of aromatic amines is 1. The SMILES string of the molecule is CCN(CC1C[C@@H](n2ccc3c(N)ncnc32)[C@H](O)[C@@H]1O)C1CC(CCc2nc3ccc(C(C)(C)C)cc3[nH]2)C1. The Hall–Kier alpha value is -3.01. The molecule has 0 amide bonds. The monoisotopic (exact) mass is 545 g/mol. The normalized spacial score (nSPS) is 27.2. The van der Waals surface area contributed by atoms with Gasteiger partial charge in [-0.05, 0) is 67.3 Å². The number of anilines is 1. The van der Waals surface area contributed by atoms with Crippen LogP contribution in [0.2, 0.25) is 0 Å². The minimum atomic E-state index is -0.840. The number of hydrogen-bond acceptors (Lipinski definition) is 7. The van der Waals surface area contributed by atoms with Gasteiger partial charge in [-0.2, -0.15) is 0 Å². The van der Waals surface area contributed by atoms with E-state index >= 15 is 0 Å². The Morgan fingerprint density at radius 2 is 1.90 bits per heavy atom. The Morgan fingerprint density at radius 1 is 1.10 bits per heavy atom. The Balaban J connectivity index is 1.03. The van der Waals surface area contributed by atoms with E-state index in [0.29, 0.717) is 29.8 Å². The van der Waals surface area contributed by atoms with E-state index in [0.717, 1.165) is 48.2 Å². The maximum Gasteiger partial charge on any atom is 0.145 e. The zero-order valence-corrected chi connectivity index (χ0v) is 24.1. The topological polar surface area (TPSA) is 129 Å². The summed E-state index contributed by atoms with van der Waals surface area (Å²) in [6, 6.07) is 8.75. The van der Waals surface area contributed by atoms with Gasteiger partial charge in [0.25, 0.3) is 0 Å². The number of benzene rings is 1. The second-order valence-corrected chi connectivity index (χ2v) is 13.0. The highest BCUT2D eigenvalue weighted by Crippen LogP contribution is 2.40. The van der Waals surface area contributed by atoms with Crippen LogP contribution >= 0.6 is 0 Å². The predicted octanol–water partition coefficient (Wildman–Crippen LogP) is 4.20. The molecule has 214 valence electrons. The van der Waals surface area contributed by atoms with Gasteiger partial charge >= 0.3 is 0 Å². The van der Waals surface area contributed by atoms with Crippen molar-refractivity contribution in [1.29, 1.82) is 0 Å². The summed E-state index contributed by atoms with van der Waals surface area (Å²) in [4.78, 5) is 19.4. The molecule has 3 heterocycles. The molecule has 0 aliphatic heterocycles. The molecule has 9 nitrogen and oxygen atoms in total. The van der Waals surface area contributed by atoms with Gasteiger partial charge in [0.15, 0.2) is 0 Å². The fourth-order valence-electron chi connectivity index (χ4n) is 6.87. The number of rotatable bonds is 8. The van der Waals surface area contributed by atoms with Crippen molar-refractivity contribution in [3.8, 4) is 0 Å². The van der Waals surface area contributed by atoms with Gasteiger partial charge in [0, 0.05) is 31.1 Å². The third-order valence-electron chi connectivity index (χ3n) is 9.46. The fourth-order valence-corrected chi connectivity index (χ4v) is 6.87. The van der Waals surface area contributed by atoms with E-state index in [2.05, 4.69) is 65.7 Å². The summed E-state index contributed by atoms with van der Waals surface area (Å²) in [6.45, 7) is 10.6. The largest absolute Gasteiger partial charge is 0.390 e. The third kappa shape index (κ3) is 4.99. The number of nitrogens with one attached hydrogen (secondary N) is 1. The second-order valence-electron chi connectivity index (χ2n) is 13.0. The van der Waals surface area contributed by atoms with Crippen molar-refractivity contribution < 1.29 is 10.2 Å². The average Bonchev–Trinajstić information content (AvgIpc) is 3.58. The molecule has 2 aliphatic carbocycles. The van der Waals surface area contributed by atoms with Crippen LogP contribution in [0.5, 0.6) is 0 Å². The number of aromatic nitrogens is 5. The Morgan fingerprint density at radius 3 is 2.65 bits per heavy atom. The first-order chi connectivity index (χ1) is 19.1. The summed E-state index contributed by atoms with van der Waals surface area (Å²) in [5.74, 6) is 2.21. The van der Waals surface area contributed by atoms with E-state index in [1.165, 1.54) is 24.7 Å². The van der Waals surface area contributed by atoms with E-state index < -0.39 is 12.2 Å². The summed E-state index contributed by atoms with van der Waals surface area (Å²) in [6.07, 6.45) is 6.91. The van der Waals surface area contributed by atoms with Crippen LogP contribution in [0.15, 0.2) is 36.8 Å². The number of aliphatic hydroxyl groups excluding tert-OH is 2. The molecule has 0 radical (unpaired) electrons. The maximum absolute atomic E-state index is 11.0. The quantitative estimate of drug-likeness (QED) is 0.261. The first-order valence-electron chi connectivity index (χ1n) is 14.8. The number of nitrogens with zero attached hydrogens (tertiary/aromatic N) is 5. The van der Waals surface area contributed by atoms with Crippen molar-refractivity contribution in [1.82, 2.24) is 29.4 Å². The van der Waals surface area contributed by atoms with Crippen molar-refractivity contribution in [3.05, 3.63) is 48.2 Å². The molecule has 1 aromatic carbocycles. The lowest BCUT2D eigenvalue weighted by Gasteiger charge is -2.44. The van der Waals surface area contributed by atoms with Gasteiger partial charge in [0.1, 0.15) is 29.7 Å². The van der Waals surface area contributed by atoms with Crippen molar-refractivity contribution >= 4 is 27.9 Å². The minimum Gasteiger partial charge on any atom is -0.390 e. The number of imidazole rings is 1. The van der Waals surface area contributed by atoms with Crippen LogP contribution in [0.1, 0.15) is 70.8 Å². The molecular weight excluding hydrogens is 502 g/mol. The molecular formula is C31H43N7O2. The lowest BCUT2D eigenvalue weighted by atomic mass is 9.76. The predicted molar refractivity (Wildman–Crippen MR) is 158 cm³/mol. The standard InChI is InChI=1S/C31H43N7O2/c1-5-37(16-19-14-25(28(40)27(19)39)38-11-10-22-29(32)33-17-34-30(22)38)21-12-18(13-21)6-9-26-35-23-8-7-20(31(2,3)4)15-24(23)36-26/h7-8,10-11,15,17-19,21,25,27-28,39-40H,5-6,9,12-14,16H2,1-4H3,(H,35,36)(H2,32,33,34)/t18?,19?,21?,25-,27-,28+/m1/s1. The Labute approximate surface area is 235 Å². The first kappa shape index (κ1) is 27.2. The van der Waals surface area contributed by atoms with Crippen LogP contribution in [-0.4, -0.2) is 71.0 Å². The summed E-state index contributed by atoms with van der Waals surface area (Å²) < 4.78 is 1.96. The number of aliphatic hydroxyl groups is 2. The molecule has 6 rings (SSSR count). The lowest BCUT2D eigenvalue weighted by Crippen LogP contribution is -2.48. The number of nitrogen functional groups attached to an aromatic ring is 1. The van der Waals surface area contributed by atoms with E-state index in [1.807, 2.05) is 16.8 Å². The molecule has 2 aliphatic rings. The van der Waals surface area contributed by atoms with Crippen LogP contribution in [0, 0.1) is 11.8 Å². The van der Waals surface area contributed by atoms with Gasteiger partial charge < -0.3 is 30.4 Å². The van der Waals surface area contributed by atoms with Gasteiger partial charge in [-0.1, -0.05) is 33.8 Å². The molecule has 5 N–H and O–H groups in total. The van der Waals surface area contributed by atoms with Crippen LogP contribution in [0.25, 0.3) is 22.1 Å². The van der Waals surface area contributed by atoms with Crippen molar-refractivity contribution in [2.45, 2.75) is 89.5 Å². The fraction of sp³-hybridized carbons (Fsp3) is 0.581. The number of aryl methyl sites for hydroxylation is 1. The van der Waals surface area contributed by atoms with Gasteiger partial charge in [-0.25, -0.2) is 15.0 Å². The van der Waals surface area contributed by atoms with E-state index in [1.54, 1.807) is 0 Å². The summed E-state index contributed by atoms with van der Waals surface area (Å²) in [5.41, 5.74) is 10.3. The van der Waals surface area contributed by atoms with E-state index in [4.69, 9.17) is 10.7 Å². The van der Waals surface area contributed by atoms with Crippen molar-refractivity contribution in [2.24, 2.45) is 11.8 Å². The number of hydrogen-bond donors (Lipinski definition) is 4. The zero-order valence-electron chi connectivity index (χ0n) is 24.1. The van der Waals surface area contributed by atoms with Crippen molar-refractivity contribution in [2.75, 3.05) is 18.8 Å². The highest BCUT2D eigenvalue weighted by atomic mass is 16.3. The molecule has 1 unspecified atom stereocenters. The molecule has 3 aromatic heterocycles. The van der Waals surface area contributed by atoms with E-state index in [-0.39, 0.29) is 17.4 Å². The van der Waals surface area contributed by atoms with Crippen LogP contribution in [0.3, 0.4) is 0 Å². The summed E-state index contributed by atoms with van der Waals surface area (Å²) in [5, 5.41) is 22.8. The lowest BCUT2D eigenvalue weighted by molar-refractivity contribution is -0.0101. The molecule has 4 atom stereocenters. The number of nitrogens with two attached hydrogens (primary N) is 1. The molecule has 4 aromatic rings. The zero-order chi connectivity index (χ0) is 28.2. The molecule has 0 saturated heterocycles. The van der Waals surface area contributed by atoms with Crippen LogP contribution in [0.4, 0.5) is 5.82 Å².